The van der Waals surface area contributed by atoms with Crippen LogP contribution < -0.4 is 10.2 Å². The first-order valence-electron chi connectivity index (χ1n) is 6.21. The molecule has 2 N–H and O–H groups in total. The van der Waals surface area contributed by atoms with E-state index in [1.165, 1.54) is 0 Å². The number of aliphatic hydroxyl groups excluding tert-OH is 1. The highest BCUT2D eigenvalue weighted by Crippen LogP contribution is 2.15. The standard InChI is InChI=1S/C14H22N2O2S/c1-10(13(9-17)19-4)15-14(18)11-6-5-7-12(8-11)16(2)3/h5-8,10,13,17H,9H2,1-4H3,(H,15,18)/t10-,13+/m0/s1. The Morgan fingerprint density at radius 2 is 2.16 bits per heavy atom. The zero-order chi connectivity index (χ0) is 14.4. The van der Waals surface area contributed by atoms with Crippen LogP contribution in [0.5, 0.6) is 0 Å². The van der Waals surface area contributed by atoms with Crippen molar-refractivity contribution in [2.75, 3.05) is 31.9 Å². The number of hydrogen-bond donors (Lipinski definition) is 2. The lowest BCUT2D eigenvalue weighted by atomic mass is 10.1. The second-order valence-corrected chi connectivity index (χ2v) is 5.74. The summed E-state index contributed by atoms with van der Waals surface area (Å²) in [4.78, 5) is 14.1. The van der Waals surface area contributed by atoms with E-state index in [4.69, 9.17) is 0 Å². The number of anilines is 1. The summed E-state index contributed by atoms with van der Waals surface area (Å²) >= 11 is 1.55. The first-order chi connectivity index (χ1) is 8.99. The van der Waals surface area contributed by atoms with Crippen molar-refractivity contribution >= 4 is 23.4 Å². The number of nitrogens with zero attached hydrogens (tertiary/aromatic N) is 1. The summed E-state index contributed by atoms with van der Waals surface area (Å²) in [6.07, 6.45) is 1.93. The quantitative estimate of drug-likeness (QED) is 0.832. The SMILES string of the molecule is CS[C@H](CO)[C@H](C)NC(=O)c1cccc(N(C)C)c1. The third-order valence-electron chi connectivity index (χ3n) is 3.02. The van der Waals surface area contributed by atoms with Crippen LogP contribution in [0.4, 0.5) is 5.69 Å². The van der Waals surface area contributed by atoms with Gasteiger partial charge in [-0.2, -0.15) is 11.8 Å². The predicted molar refractivity (Wildman–Crippen MR) is 82.1 cm³/mol. The van der Waals surface area contributed by atoms with Crippen LogP contribution in [-0.2, 0) is 0 Å². The molecule has 0 aliphatic carbocycles. The number of amides is 1. The lowest BCUT2D eigenvalue weighted by Crippen LogP contribution is -2.41. The van der Waals surface area contributed by atoms with Gasteiger partial charge in [0.25, 0.3) is 5.91 Å². The molecular formula is C14H22N2O2S. The van der Waals surface area contributed by atoms with Crippen molar-refractivity contribution in [1.82, 2.24) is 5.32 Å². The summed E-state index contributed by atoms with van der Waals surface area (Å²) in [5.41, 5.74) is 1.62. The van der Waals surface area contributed by atoms with Crippen molar-refractivity contribution < 1.29 is 9.90 Å². The average Bonchev–Trinajstić information content (AvgIpc) is 2.40. The topological polar surface area (TPSA) is 52.6 Å². The molecule has 1 aromatic rings. The maximum atomic E-state index is 12.1. The summed E-state index contributed by atoms with van der Waals surface area (Å²) in [7, 11) is 3.88. The molecule has 0 saturated heterocycles. The van der Waals surface area contributed by atoms with E-state index in [9.17, 15) is 9.90 Å². The van der Waals surface area contributed by atoms with Crippen LogP contribution >= 0.6 is 11.8 Å². The van der Waals surface area contributed by atoms with E-state index < -0.39 is 0 Å². The zero-order valence-corrected chi connectivity index (χ0v) is 12.7. The Hall–Kier alpha value is -1.20. The number of benzene rings is 1. The van der Waals surface area contributed by atoms with E-state index in [0.29, 0.717) is 5.56 Å². The van der Waals surface area contributed by atoms with Gasteiger partial charge >= 0.3 is 0 Å². The summed E-state index contributed by atoms with van der Waals surface area (Å²) in [5.74, 6) is -0.108. The third kappa shape index (κ3) is 4.44. The summed E-state index contributed by atoms with van der Waals surface area (Å²) in [5, 5.41) is 12.2. The number of rotatable bonds is 6. The number of hydrogen-bond acceptors (Lipinski definition) is 4. The van der Waals surface area contributed by atoms with Gasteiger partial charge in [-0.1, -0.05) is 6.07 Å². The van der Waals surface area contributed by atoms with Gasteiger partial charge in [-0.15, -0.1) is 0 Å². The van der Waals surface area contributed by atoms with E-state index >= 15 is 0 Å². The lowest BCUT2D eigenvalue weighted by Gasteiger charge is -2.21. The lowest BCUT2D eigenvalue weighted by molar-refractivity contribution is 0.0936. The number of aliphatic hydroxyl groups is 1. The summed E-state index contributed by atoms with van der Waals surface area (Å²) in [6, 6.07) is 7.40. The van der Waals surface area contributed by atoms with E-state index in [1.54, 1.807) is 17.8 Å². The number of nitrogens with one attached hydrogen (secondary N) is 1. The van der Waals surface area contributed by atoms with Crippen LogP contribution in [0.25, 0.3) is 0 Å². The number of thioether (sulfide) groups is 1. The van der Waals surface area contributed by atoms with Crippen LogP contribution in [0.15, 0.2) is 24.3 Å². The number of carbonyl (C=O) groups excluding carboxylic acids is 1. The van der Waals surface area contributed by atoms with E-state index in [0.717, 1.165) is 5.69 Å². The fourth-order valence-electron chi connectivity index (χ4n) is 1.75. The molecule has 19 heavy (non-hydrogen) atoms. The molecule has 0 heterocycles. The molecule has 0 aromatic heterocycles. The molecule has 0 fully saturated rings. The molecule has 0 aliphatic rings. The van der Waals surface area contributed by atoms with Gasteiger partial charge in [0.2, 0.25) is 0 Å². The summed E-state index contributed by atoms with van der Waals surface area (Å²) < 4.78 is 0. The van der Waals surface area contributed by atoms with Crippen LogP contribution in [0.3, 0.4) is 0 Å². The molecular weight excluding hydrogens is 260 g/mol. The van der Waals surface area contributed by atoms with E-state index in [2.05, 4.69) is 5.32 Å². The van der Waals surface area contributed by atoms with Gasteiger partial charge in [0.05, 0.1) is 6.61 Å². The van der Waals surface area contributed by atoms with Crippen LogP contribution in [-0.4, -0.2) is 49.3 Å². The van der Waals surface area contributed by atoms with Crippen molar-refractivity contribution in [2.45, 2.75) is 18.2 Å². The molecule has 5 heteroatoms. The van der Waals surface area contributed by atoms with Crippen LogP contribution in [0.2, 0.25) is 0 Å². The highest BCUT2D eigenvalue weighted by molar-refractivity contribution is 7.99. The summed E-state index contributed by atoms with van der Waals surface area (Å²) in [6.45, 7) is 1.96. The highest BCUT2D eigenvalue weighted by Gasteiger charge is 2.18. The molecule has 2 atom stereocenters. The average molecular weight is 282 g/mol. The minimum absolute atomic E-state index is 0.0148. The van der Waals surface area contributed by atoms with Gasteiger partial charge < -0.3 is 15.3 Å². The molecule has 4 nitrogen and oxygen atoms in total. The molecule has 1 amide bonds. The minimum atomic E-state index is -0.108. The van der Waals surface area contributed by atoms with Crippen molar-refractivity contribution in [3.63, 3.8) is 0 Å². The second kappa shape index (κ2) is 7.40. The Labute approximate surface area is 119 Å². The molecule has 0 radical (unpaired) electrons. The molecule has 0 saturated carbocycles. The molecule has 106 valence electrons. The van der Waals surface area contributed by atoms with Gasteiger partial charge in [0.1, 0.15) is 0 Å². The van der Waals surface area contributed by atoms with Crippen molar-refractivity contribution in [1.29, 1.82) is 0 Å². The Morgan fingerprint density at radius 1 is 1.47 bits per heavy atom. The normalized spacial score (nSPS) is 13.7. The van der Waals surface area contributed by atoms with Crippen LogP contribution in [0.1, 0.15) is 17.3 Å². The van der Waals surface area contributed by atoms with E-state index in [-0.39, 0.29) is 23.8 Å². The Morgan fingerprint density at radius 3 is 2.68 bits per heavy atom. The smallest absolute Gasteiger partial charge is 0.251 e. The van der Waals surface area contributed by atoms with Crippen molar-refractivity contribution in [3.05, 3.63) is 29.8 Å². The Kier molecular flexibility index (Phi) is 6.18. The zero-order valence-electron chi connectivity index (χ0n) is 11.9. The Balaban J connectivity index is 2.75. The van der Waals surface area contributed by atoms with E-state index in [1.807, 2.05) is 50.4 Å². The predicted octanol–water partition coefficient (Wildman–Crippen LogP) is 1.59. The molecule has 0 unspecified atom stereocenters. The highest BCUT2D eigenvalue weighted by atomic mass is 32.2. The van der Waals surface area contributed by atoms with Crippen LogP contribution in [0, 0.1) is 0 Å². The maximum Gasteiger partial charge on any atom is 0.251 e. The fraction of sp³-hybridized carbons (Fsp3) is 0.500. The van der Waals surface area contributed by atoms with Gasteiger partial charge in [-0.25, -0.2) is 0 Å². The van der Waals surface area contributed by atoms with Gasteiger partial charge in [0.15, 0.2) is 0 Å². The molecule has 0 bridgehead atoms. The second-order valence-electron chi connectivity index (χ2n) is 4.66. The maximum absolute atomic E-state index is 12.1. The minimum Gasteiger partial charge on any atom is -0.395 e. The van der Waals surface area contributed by atoms with Gasteiger partial charge in [-0.05, 0) is 31.4 Å². The molecule has 1 rings (SSSR count). The fourth-order valence-corrected chi connectivity index (χ4v) is 2.37. The Bertz CT molecular complexity index is 420. The molecule has 0 aliphatic heterocycles. The monoisotopic (exact) mass is 282 g/mol. The van der Waals surface area contributed by atoms with Gasteiger partial charge in [0, 0.05) is 36.6 Å². The van der Waals surface area contributed by atoms with Gasteiger partial charge in [-0.3, -0.25) is 4.79 Å². The first-order valence-corrected chi connectivity index (χ1v) is 7.50. The molecule has 0 spiro atoms. The van der Waals surface area contributed by atoms with Crippen molar-refractivity contribution in [2.24, 2.45) is 0 Å². The van der Waals surface area contributed by atoms with Crippen molar-refractivity contribution in [3.8, 4) is 0 Å². The number of carbonyl (C=O) groups is 1. The molecule has 1 aromatic carbocycles. The first kappa shape index (κ1) is 15.9. The largest absolute Gasteiger partial charge is 0.395 e. The third-order valence-corrected chi connectivity index (χ3v) is 4.19.